The molecule has 4 aliphatic rings. The molecule has 11 nitrogen and oxygen atoms in total. The van der Waals surface area contributed by atoms with Gasteiger partial charge >= 0.3 is 6.18 Å². The number of nitrogens with zero attached hydrogens (tertiary/aromatic N) is 1. The summed E-state index contributed by atoms with van der Waals surface area (Å²) in [6.45, 7) is 2.28. The number of hydrogen-bond acceptors (Lipinski definition) is 6. The van der Waals surface area contributed by atoms with Crippen molar-refractivity contribution in [3.63, 3.8) is 0 Å². The van der Waals surface area contributed by atoms with Gasteiger partial charge in [-0.2, -0.15) is 13.2 Å². The van der Waals surface area contributed by atoms with Crippen LogP contribution in [0.25, 0.3) is 0 Å². The fourth-order valence-corrected chi connectivity index (χ4v) is 6.35. The minimum absolute atomic E-state index is 0.0920. The molecule has 3 saturated carbocycles. The topological polar surface area (TPSA) is 154 Å². The molecule has 0 spiro atoms. The molecule has 0 unspecified atom stereocenters. The molecule has 0 bridgehead atoms. The third-order valence-electron chi connectivity index (χ3n) is 9.52. The van der Waals surface area contributed by atoms with Crippen molar-refractivity contribution in [2.24, 2.45) is 17.3 Å². The molecular weight excluding hydrogens is 583 g/mol. The van der Waals surface area contributed by atoms with E-state index in [4.69, 9.17) is 0 Å². The van der Waals surface area contributed by atoms with Crippen LogP contribution in [0.1, 0.15) is 90.4 Å². The molecule has 0 aromatic rings. The fourth-order valence-electron chi connectivity index (χ4n) is 6.35. The van der Waals surface area contributed by atoms with E-state index in [0.29, 0.717) is 38.6 Å². The van der Waals surface area contributed by atoms with E-state index in [1.54, 1.807) is 6.92 Å². The van der Waals surface area contributed by atoms with E-state index in [0.717, 1.165) is 30.6 Å². The number of likely N-dealkylation sites (N-methyl/N-ethyl adjacent to an activating group) is 1. The van der Waals surface area contributed by atoms with E-state index in [2.05, 4.69) is 21.3 Å². The molecule has 4 atom stereocenters. The zero-order valence-electron chi connectivity index (χ0n) is 25.4. The van der Waals surface area contributed by atoms with Crippen LogP contribution in [0.2, 0.25) is 0 Å². The van der Waals surface area contributed by atoms with Crippen LogP contribution in [0.3, 0.4) is 0 Å². The first-order valence-corrected chi connectivity index (χ1v) is 15.9. The Kier molecular flexibility index (Phi) is 10.6. The maximum Gasteiger partial charge on any atom is 0.403 e. The summed E-state index contributed by atoms with van der Waals surface area (Å²) in [6, 6.07) is -3.79. The van der Waals surface area contributed by atoms with Crippen molar-refractivity contribution in [1.82, 2.24) is 26.2 Å². The van der Waals surface area contributed by atoms with Crippen LogP contribution in [0.15, 0.2) is 0 Å². The third-order valence-corrected chi connectivity index (χ3v) is 9.52. The summed E-state index contributed by atoms with van der Waals surface area (Å²) in [7, 11) is 1.36. The largest absolute Gasteiger partial charge is 0.403 e. The zero-order valence-corrected chi connectivity index (χ0v) is 25.4. The predicted molar refractivity (Wildman–Crippen MR) is 152 cm³/mol. The molecule has 4 fully saturated rings. The second-order valence-corrected chi connectivity index (χ2v) is 12.9. The summed E-state index contributed by atoms with van der Waals surface area (Å²) in [6.07, 6.45) is 0.361. The summed E-state index contributed by atoms with van der Waals surface area (Å²) >= 11 is 0. The fraction of sp³-hybridized carbons (Fsp3) is 0.800. The van der Waals surface area contributed by atoms with E-state index in [1.807, 2.05) is 0 Å². The lowest BCUT2D eigenvalue weighted by atomic mass is 9.89. The van der Waals surface area contributed by atoms with E-state index in [-0.39, 0.29) is 43.6 Å². The highest BCUT2D eigenvalue weighted by molar-refractivity contribution is 6.38. The minimum Gasteiger partial charge on any atom is -0.356 e. The number of halogens is 3. The molecule has 1 heterocycles. The first-order valence-electron chi connectivity index (χ1n) is 15.9. The van der Waals surface area contributed by atoms with Crippen LogP contribution in [0.5, 0.6) is 0 Å². The van der Waals surface area contributed by atoms with Gasteiger partial charge in [0, 0.05) is 25.6 Å². The number of ketones is 1. The quantitative estimate of drug-likeness (QED) is 0.216. The van der Waals surface area contributed by atoms with Crippen LogP contribution >= 0.6 is 0 Å². The lowest BCUT2D eigenvalue weighted by Crippen LogP contribution is -2.59. The van der Waals surface area contributed by atoms with Gasteiger partial charge in [0.05, 0.1) is 6.04 Å². The summed E-state index contributed by atoms with van der Waals surface area (Å²) in [5, 5.41) is 10.4. The molecule has 44 heavy (non-hydrogen) atoms. The second-order valence-electron chi connectivity index (χ2n) is 12.9. The average molecular weight is 628 g/mol. The van der Waals surface area contributed by atoms with Gasteiger partial charge in [-0.3, -0.25) is 28.8 Å². The number of nitrogens with one attached hydrogen (secondary N) is 4. The van der Waals surface area contributed by atoms with Crippen molar-refractivity contribution in [1.29, 1.82) is 0 Å². The van der Waals surface area contributed by atoms with Crippen LogP contribution in [0, 0.1) is 17.3 Å². The van der Waals surface area contributed by atoms with Crippen LogP contribution < -0.4 is 21.3 Å². The highest BCUT2D eigenvalue weighted by Crippen LogP contribution is 2.57. The standard InChI is InChI=1S/C30H44F3N5O6/c1-3-7-21(25(41)36-20(16-18-10-6-15-34-24(18)40)23(39)26(42)35-19-11-12-19)38(2)27(43)22(17-8-4-5-9-17)37-28(44)29(13-14-29)30(31,32)33/h17-22H,3-16H2,1-2H3,(H,34,40)(H,35,42)(H,36,41)(H,37,44)/t18-,20-,21-,22+/m0/s1. The van der Waals surface area contributed by atoms with Crippen LogP contribution in [-0.4, -0.2) is 84.2 Å². The molecule has 0 radical (unpaired) electrons. The molecule has 1 aliphatic heterocycles. The molecule has 0 aromatic heterocycles. The van der Waals surface area contributed by atoms with E-state index in [1.165, 1.54) is 7.05 Å². The van der Waals surface area contributed by atoms with E-state index in [9.17, 15) is 41.9 Å². The van der Waals surface area contributed by atoms with Gasteiger partial charge in [0.2, 0.25) is 29.4 Å². The van der Waals surface area contributed by atoms with Crippen LogP contribution in [0.4, 0.5) is 13.2 Å². The average Bonchev–Trinajstić information content (AvgIpc) is 3.91. The van der Waals surface area contributed by atoms with Gasteiger partial charge in [-0.1, -0.05) is 26.2 Å². The summed E-state index contributed by atoms with van der Waals surface area (Å²) < 4.78 is 41.1. The maximum atomic E-state index is 13.9. The third kappa shape index (κ3) is 7.71. The number of alkyl halides is 3. The molecule has 1 saturated heterocycles. The van der Waals surface area contributed by atoms with Crippen LogP contribution in [-0.2, 0) is 28.8 Å². The van der Waals surface area contributed by atoms with Gasteiger partial charge in [0.1, 0.15) is 17.5 Å². The maximum absolute atomic E-state index is 13.9. The highest BCUT2D eigenvalue weighted by atomic mass is 19.4. The number of Topliss-reactive ketones (excluding diaryl/α,β-unsaturated/α-hetero) is 1. The Morgan fingerprint density at radius 1 is 1.00 bits per heavy atom. The SMILES string of the molecule is CCC[C@@H](C(=O)N[C@@H](C[C@@H]1CCCNC1=O)C(=O)C(=O)NC1CC1)N(C)C(=O)[C@H](NC(=O)C1(C(F)(F)F)CC1)C1CCCC1. The summed E-state index contributed by atoms with van der Waals surface area (Å²) in [5.41, 5.74) is -2.50. The Balaban J connectivity index is 1.51. The molecule has 3 aliphatic carbocycles. The molecular formula is C30H44F3N5O6. The normalized spacial score (nSPS) is 23.5. The number of rotatable bonds is 14. The van der Waals surface area contributed by atoms with E-state index < -0.39 is 65.0 Å². The number of carbonyl (C=O) groups is 6. The molecule has 4 N–H and O–H groups in total. The summed E-state index contributed by atoms with van der Waals surface area (Å²) in [4.78, 5) is 80.0. The smallest absolute Gasteiger partial charge is 0.356 e. The zero-order chi connectivity index (χ0) is 32.2. The molecule has 5 amide bonds. The summed E-state index contributed by atoms with van der Waals surface area (Å²) in [5.74, 6) is -5.61. The minimum atomic E-state index is -4.74. The van der Waals surface area contributed by atoms with Gasteiger partial charge < -0.3 is 26.2 Å². The first-order chi connectivity index (χ1) is 20.8. The monoisotopic (exact) mass is 627 g/mol. The van der Waals surface area contributed by atoms with Gasteiger partial charge in [-0.25, -0.2) is 0 Å². The first kappa shape index (κ1) is 33.7. The van der Waals surface area contributed by atoms with Gasteiger partial charge in [0.15, 0.2) is 0 Å². The second kappa shape index (κ2) is 13.8. The Hall–Kier alpha value is -3.19. The lowest BCUT2D eigenvalue weighted by Gasteiger charge is -2.34. The van der Waals surface area contributed by atoms with Crippen molar-refractivity contribution < 1.29 is 41.9 Å². The number of hydrogen-bond donors (Lipinski definition) is 4. The molecule has 0 aromatic carbocycles. The van der Waals surface area contributed by atoms with Crippen molar-refractivity contribution in [2.75, 3.05) is 13.6 Å². The van der Waals surface area contributed by atoms with Crippen molar-refractivity contribution in [3.8, 4) is 0 Å². The van der Waals surface area contributed by atoms with Gasteiger partial charge in [-0.05, 0) is 70.1 Å². The molecule has 4 rings (SSSR count). The highest BCUT2D eigenvalue weighted by Gasteiger charge is 2.68. The Labute approximate surface area is 255 Å². The molecule has 14 heteroatoms. The van der Waals surface area contributed by atoms with Crippen molar-refractivity contribution in [2.45, 2.75) is 121 Å². The number of amides is 5. The Morgan fingerprint density at radius 3 is 2.20 bits per heavy atom. The van der Waals surface area contributed by atoms with Gasteiger partial charge in [-0.15, -0.1) is 0 Å². The van der Waals surface area contributed by atoms with E-state index >= 15 is 0 Å². The van der Waals surface area contributed by atoms with Gasteiger partial charge in [0.25, 0.3) is 5.91 Å². The predicted octanol–water partition coefficient (Wildman–Crippen LogP) is 1.88. The van der Waals surface area contributed by atoms with Crippen molar-refractivity contribution >= 4 is 35.3 Å². The Bertz CT molecular complexity index is 1130. The number of piperidine rings is 1. The molecule has 246 valence electrons. The number of carbonyl (C=O) groups excluding carboxylic acids is 6. The van der Waals surface area contributed by atoms with Crippen molar-refractivity contribution in [3.05, 3.63) is 0 Å². The lowest BCUT2D eigenvalue weighted by molar-refractivity contribution is -0.193. The Morgan fingerprint density at radius 2 is 1.66 bits per heavy atom.